The molecule has 0 heterocycles. The minimum atomic E-state index is -4.89. The summed E-state index contributed by atoms with van der Waals surface area (Å²) in [5.74, 6) is -2.13. The van der Waals surface area contributed by atoms with Gasteiger partial charge in [0.1, 0.15) is 17.3 Å². The Bertz CT molecular complexity index is 472. The standard InChI is InChI=1S/C11H11F5N2O2/c1-18(5-8(19)11(14,15)16)10(20)17-9-6(12)3-2-4-7(9)13/h2-4,8,19H,5H2,1H3,(H,17,20). The number of amides is 2. The van der Waals surface area contributed by atoms with Gasteiger partial charge in [-0.1, -0.05) is 6.07 Å². The average Bonchev–Trinajstić information content (AvgIpc) is 2.32. The Morgan fingerprint density at radius 3 is 2.30 bits per heavy atom. The number of alkyl halides is 3. The largest absolute Gasteiger partial charge is 0.416 e. The van der Waals surface area contributed by atoms with Crippen LogP contribution < -0.4 is 5.32 Å². The summed E-state index contributed by atoms with van der Waals surface area (Å²) in [4.78, 5) is 11.9. The van der Waals surface area contributed by atoms with Crippen LogP contribution in [0.4, 0.5) is 32.4 Å². The molecule has 2 amide bonds. The monoisotopic (exact) mass is 298 g/mol. The molecule has 0 aliphatic heterocycles. The summed E-state index contributed by atoms with van der Waals surface area (Å²) < 4.78 is 62.7. The molecular formula is C11H11F5N2O2. The average molecular weight is 298 g/mol. The summed E-state index contributed by atoms with van der Waals surface area (Å²) in [6, 6.07) is 1.64. The highest BCUT2D eigenvalue weighted by Crippen LogP contribution is 2.21. The SMILES string of the molecule is CN(CC(O)C(F)(F)F)C(=O)Nc1c(F)cccc1F. The molecule has 1 aromatic carbocycles. The molecular weight excluding hydrogens is 287 g/mol. The highest BCUT2D eigenvalue weighted by atomic mass is 19.4. The molecule has 1 unspecified atom stereocenters. The van der Waals surface area contributed by atoms with Crippen LogP contribution in [-0.4, -0.2) is 41.9 Å². The number of para-hydroxylation sites is 1. The van der Waals surface area contributed by atoms with Gasteiger partial charge in [0.15, 0.2) is 6.10 Å². The van der Waals surface area contributed by atoms with Gasteiger partial charge in [-0.25, -0.2) is 13.6 Å². The van der Waals surface area contributed by atoms with Crippen molar-refractivity contribution < 1.29 is 31.9 Å². The van der Waals surface area contributed by atoms with Crippen LogP contribution in [0.5, 0.6) is 0 Å². The number of halogens is 5. The van der Waals surface area contributed by atoms with Gasteiger partial charge in [-0.15, -0.1) is 0 Å². The van der Waals surface area contributed by atoms with E-state index in [1.165, 1.54) is 0 Å². The molecule has 0 bridgehead atoms. The van der Waals surface area contributed by atoms with Crippen LogP contribution in [0.2, 0.25) is 0 Å². The first-order valence-corrected chi connectivity index (χ1v) is 5.34. The third-order valence-electron chi connectivity index (χ3n) is 2.37. The van der Waals surface area contributed by atoms with Gasteiger partial charge in [-0.2, -0.15) is 13.2 Å². The van der Waals surface area contributed by atoms with E-state index in [1.54, 1.807) is 5.32 Å². The number of hydrogen-bond acceptors (Lipinski definition) is 2. The Kier molecular flexibility index (Phi) is 4.88. The van der Waals surface area contributed by atoms with E-state index >= 15 is 0 Å². The molecule has 0 fully saturated rings. The number of likely N-dealkylation sites (N-methyl/N-ethyl adjacent to an activating group) is 1. The van der Waals surface area contributed by atoms with Crippen molar-refractivity contribution in [2.45, 2.75) is 12.3 Å². The third-order valence-corrected chi connectivity index (χ3v) is 2.37. The summed E-state index contributed by atoms with van der Waals surface area (Å²) in [5.41, 5.74) is -0.772. The molecule has 0 aliphatic rings. The quantitative estimate of drug-likeness (QED) is 0.842. The molecule has 0 spiro atoms. The van der Waals surface area contributed by atoms with Crippen LogP contribution in [0.25, 0.3) is 0 Å². The summed E-state index contributed by atoms with van der Waals surface area (Å²) in [7, 11) is 0.947. The van der Waals surface area contributed by atoms with Crippen molar-refractivity contribution in [3.8, 4) is 0 Å². The lowest BCUT2D eigenvalue weighted by Gasteiger charge is -2.22. The highest BCUT2D eigenvalue weighted by Gasteiger charge is 2.39. The molecule has 0 radical (unpaired) electrons. The Morgan fingerprint density at radius 1 is 1.35 bits per heavy atom. The van der Waals surface area contributed by atoms with E-state index in [1.807, 2.05) is 0 Å². The first-order valence-electron chi connectivity index (χ1n) is 5.34. The summed E-state index contributed by atoms with van der Waals surface area (Å²) in [6.45, 7) is -1.06. The number of anilines is 1. The number of nitrogens with one attached hydrogen (secondary N) is 1. The fourth-order valence-corrected chi connectivity index (χ4v) is 1.27. The highest BCUT2D eigenvalue weighted by molar-refractivity contribution is 5.89. The molecule has 9 heteroatoms. The summed E-state index contributed by atoms with van der Waals surface area (Å²) in [6.07, 6.45) is -7.64. The number of hydrogen-bond donors (Lipinski definition) is 2. The Hall–Kier alpha value is -1.90. The first kappa shape index (κ1) is 16.2. The van der Waals surface area contributed by atoms with E-state index in [0.29, 0.717) is 4.90 Å². The number of urea groups is 1. The smallest absolute Gasteiger partial charge is 0.382 e. The van der Waals surface area contributed by atoms with E-state index in [4.69, 9.17) is 5.11 Å². The van der Waals surface area contributed by atoms with Crippen molar-refractivity contribution in [1.29, 1.82) is 0 Å². The molecule has 1 atom stereocenters. The van der Waals surface area contributed by atoms with Gasteiger partial charge >= 0.3 is 12.2 Å². The zero-order chi connectivity index (χ0) is 15.5. The van der Waals surface area contributed by atoms with Gasteiger partial charge in [0, 0.05) is 7.05 Å². The van der Waals surface area contributed by atoms with Crippen LogP contribution in [0.1, 0.15) is 0 Å². The van der Waals surface area contributed by atoms with Gasteiger partial charge in [-0.05, 0) is 12.1 Å². The van der Waals surface area contributed by atoms with Crippen LogP contribution >= 0.6 is 0 Å². The van der Waals surface area contributed by atoms with E-state index in [-0.39, 0.29) is 0 Å². The Balaban J connectivity index is 2.72. The molecule has 0 saturated heterocycles. The predicted octanol–water partition coefficient (Wildman–Crippen LogP) is 2.35. The second-order valence-corrected chi connectivity index (χ2v) is 3.96. The van der Waals surface area contributed by atoms with Crippen LogP contribution in [0.3, 0.4) is 0 Å². The maximum absolute atomic E-state index is 13.2. The van der Waals surface area contributed by atoms with Gasteiger partial charge in [0.25, 0.3) is 0 Å². The molecule has 2 N–H and O–H groups in total. The fourth-order valence-electron chi connectivity index (χ4n) is 1.27. The number of carbonyl (C=O) groups excluding carboxylic acids is 1. The van der Waals surface area contributed by atoms with Crippen LogP contribution in [-0.2, 0) is 0 Å². The van der Waals surface area contributed by atoms with Gasteiger partial charge in [0.05, 0.1) is 6.54 Å². The van der Waals surface area contributed by atoms with Crippen molar-refractivity contribution in [3.63, 3.8) is 0 Å². The van der Waals surface area contributed by atoms with E-state index in [2.05, 4.69) is 0 Å². The summed E-state index contributed by atoms with van der Waals surface area (Å²) in [5, 5.41) is 10.6. The summed E-state index contributed by atoms with van der Waals surface area (Å²) >= 11 is 0. The number of carbonyl (C=O) groups is 1. The van der Waals surface area contributed by atoms with Gasteiger partial charge < -0.3 is 15.3 Å². The molecule has 112 valence electrons. The van der Waals surface area contributed by atoms with Crippen molar-refractivity contribution in [3.05, 3.63) is 29.8 Å². The molecule has 0 aliphatic carbocycles. The fraction of sp³-hybridized carbons (Fsp3) is 0.364. The van der Waals surface area contributed by atoms with Crippen LogP contribution in [0, 0.1) is 11.6 Å². The van der Waals surface area contributed by atoms with Crippen molar-refractivity contribution in [2.75, 3.05) is 18.9 Å². The Morgan fingerprint density at radius 2 is 1.85 bits per heavy atom. The predicted molar refractivity (Wildman–Crippen MR) is 60.1 cm³/mol. The number of aliphatic hydroxyl groups excluding tert-OH is 1. The number of rotatable bonds is 3. The minimum absolute atomic E-state index is 0.462. The first-order chi connectivity index (χ1) is 9.12. The third kappa shape index (κ3) is 4.05. The lowest BCUT2D eigenvalue weighted by atomic mass is 10.3. The van der Waals surface area contributed by atoms with E-state index < -0.39 is 42.2 Å². The van der Waals surface area contributed by atoms with Crippen molar-refractivity contribution >= 4 is 11.7 Å². The zero-order valence-electron chi connectivity index (χ0n) is 10.2. The maximum Gasteiger partial charge on any atom is 0.416 e. The normalized spacial score (nSPS) is 12.9. The number of benzene rings is 1. The lowest BCUT2D eigenvalue weighted by molar-refractivity contribution is -0.205. The second-order valence-electron chi connectivity index (χ2n) is 3.96. The molecule has 4 nitrogen and oxygen atoms in total. The molecule has 20 heavy (non-hydrogen) atoms. The van der Waals surface area contributed by atoms with Crippen LogP contribution in [0.15, 0.2) is 18.2 Å². The van der Waals surface area contributed by atoms with E-state index in [0.717, 1.165) is 25.2 Å². The molecule has 0 aromatic heterocycles. The second kappa shape index (κ2) is 6.04. The molecule has 0 saturated carbocycles. The van der Waals surface area contributed by atoms with Crippen molar-refractivity contribution in [1.82, 2.24) is 4.90 Å². The Labute approximate surface area is 110 Å². The lowest BCUT2D eigenvalue weighted by Crippen LogP contribution is -2.43. The van der Waals surface area contributed by atoms with Gasteiger partial charge in [0.2, 0.25) is 0 Å². The zero-order valence-corrected chi connectivity index (χ0v) is 10.2. The minimum Gasteiger partial charge on any atom is -0.382 e. The topological polar surface area (TPSA) is 52.6 Å². The van der Waals surface area contributed by atoms with Crippen molar-refractivity contribution in [2.24, 2.45) is 0 Å². The molecule has 1 rings (SSSR count). The molecule has 1 aromatic rings. The van der Waals surface area contributed by atoms with E-state index in [9.17, 15) is 26.7 Å². The van der Waals surface area contributed by atoms with Gasteiger partial charge in [-0.3, -0.25) is 0 Å². The number of aliphatic hydroxyl groups is 1. The number of nitrogens with zero attached hydrogens (tertiary/aromatic N) is 1. The maximum atomic E-state index is 13.2.